The molecule has 0 saturated carbocycles. The van der Waals surface area contributed by atoms with E-state index in [2.05, 4.69) is 16.0 Å². The van der Waals surface area contributed by atoms with Gasteiger partial charge in [0, 0.05) is 24.2 Å². The largest absolute Gasteiger partial charge is 0.490 e. The predicted molar refractivity (Wildman–Crippen MR) is 117 cm³/mol. The molecule has 0 unspecified atom stereocenters. The Balaban J connectivity index is 1.88. The third kappa shape index (κ3) is 7.33. The molecule has 3 N–H and O–H groups in total. The van der Waals surface area contributed by atoms with E-state index in [0.29, 0.717) is 42.4 Å². The number of hydrogen-bond donors (Lipinski definition) is 3. The summed E-state index contributed by atoms with van der Waals surface area (Å²) in [7, 11) is 0. The number of benzene rings is 2. The predicted octanol–water partition coefficient (Wildman–Crippen LogP) is 2.28. The molecule has 2 aromatic carbocycles. The van der Waals surface area contributed by atoms with Crippen molar-refractivity contribution in [3.63, 3.8) is 0 Å². The molecule has 31 heavy (non-hydrogen) atoms. The lowest BCUT2D eigenvalue weighted by Crippen LogP contribution is -2.36. The second kappa shape index (κ2) is 12.2. The van der Waals surface area contributed by atoms with Crippen molar-refractivity contribution in [1.82, 2.24) is 16.0 Å². The molecule has 0 aromatic heterocycles. The molecule has 0 fully saturated rings. The molecule has 0 aliphatic heterocycles. The molecule has 0 heterocycles. The van der Waals surface area contributed by atoms with E-state index in [1.54, 1.807) is 36.4 Å². The Labute approximate surface area is 182 Å². The summed E-state index contributed by atoms with van der Waals surface area (Å²) in [5, 5.41) is 8.06. The van der Waals surface area contributed by atoms with Gasteiger partial charge in [0.1, 0.15) is 0 Å². The topological polar surface area (TPSA) is 106 Å². The van der Waals surface area contributed by atoms with Crippen LogP contribution in [0.3, 0.4) is 0 Å². The van der Waals surface area contributed by atoms with Crippen LogP contribution in [0.5, 0.6) is 11.5 Å². The zero-order valence-corrected chi connectivity index (χ0v) is 18.1. The van der Waals surface area contributed by atoms with Crippen molar-refractivity contribution < 1.29 is 23.9 Å². The third-order valence-corrected chi connectivity index (χ3v) is 4.23. The van der Waals surface area contributed by atoms with Crippen molar-refractivity contribution in [3.8, 4) is 11.5 Å². The van der Waals surface area contributed by atoms with Gasteiger partial charge in [0.25, 0.3) is 11.8 Å². The van der Waals surface area contributed by atoms with Gasteiger partial charge in [-0.2, -0.15) is 0 Å². The summed E-state index contributed by atoms with van der Waals surface area (Å²) in [6, 6.07) is 11.9. The van der Waals surface area contributed by atoms with E-state index in [-0.39, 0.29) is 24.9 Å². The Kier molecular flexibility index (Phi) is 9.35. The molecule has 0 aliphatic carbocycles. The summed E-state index contributed by atoms with van der Waals surface area (Å²) in [5.41, 5.74) is 1.69. The molecule has 2 rings (SSSR count). The highest BCUT2D eigenvalue weighted by atomic mass is 16.5. The molecular formula is C23H29N3O5. The lowest BCUT2D eigenvalue weighted by molar-refractivity contribution is -0.120. The molecule has 0 radical (unpaired) electrons. The molecule has 0 atom stereocenters. The van der Waals surface area contributed by atoms with Crippen LogP contribution in [-0.4, -0.2) is 44.0 Å². The average molecular weight is 428 g/mol. The van der Waals surface area contributed by atoms with Gasteiger partial charge in [-0.3, -0.25) is 14.4 Å². The highest BCUT2D eigenvalue weighted by Gasteiger charge is 2.13. The van der Waals surface area contributed by atoms with Crippen LogP contribution in [0, 0.1) is 0 Å². The van der Waals surface area contributed by atoms with E-state index < -0.39 is 5.91 Å². The monoisotopic (exact) mass is 427 g/mol. The van der Waals surface area contributed by atoms with Gasteiger partial charge in [-0.15, -0.1) is 0 Å². The quantitative estimate of drug-likeness (QED) is 0.510. The molecule has 2 aromatic rings. The average Bonchev–Trinajstić information content (AvgIpc) is 2.78. The van der Waals surface area contributed by atoms with Gasteiger partial charge in [-0.1, -0.05) is 12.1 Å². The van der Waals surface area contributed by atoms with Crippen molar-refractivity contribution in [3.05, 3.63) is 59.2 Å². The standard InChI is InChI=1S/C23H29N3O5/c1-4-24-22(28)17-9-7-8-16(12-17)14-25-21(27)15-26-23(29)18-10-11-19(30-5-2)20(13-18)31-6-3/h7-13H,4-6,14-15H2,1-3H3,(H,24,28)(H,25,27)(H,26,29). The van der Waals surface area contributed by atoms with Crippen LogP contribution in [0.4, 0.5) is 0 Å². The summed E-state index contributed by atoms with van der Waals surface area (Å²) >= 11 is 0. The van der Waals surface area contributed by atoms with Crippen molar-refractivity contribution in [2.45, 2.75) is 27.3 Å². The van der Waals surface area contributed by atoms with Crippen LogP contribution in [0.1, 0.15) is 47.1 Å². The van der Waals surface area contributed by atoms with Gasteiger partial charge in [-0.05, 0) is 56.7 Å². The Morgan fingerprint density at radius 1 is 0.774 bits per heavy atom. The first-order valence-corrected chi connectivity index (χ1v) is 10.3. The van der Waals surface area contributed by atoms with Crippen LogP contribution >= 0.6 is 0 Å². The molecule has 8 nitrogen and oxygen atoms in total. The molecule has 0 aliphatic rings. The third-order valence-electron chi connectivity index (χ3n) is 4.23. The SMILES string of the molecule is CCNC(=O)c1cccc(CNC(=O)CNC(=O)c2ccc(OCC)c(OCC)c2)c1. The van der Waals surface area contributed by atoms with E-state index in [4.69, 9.17) is 9.47 Å². The zero-order chi connectivity index (χ0) is 22.6. The first kappa shape index (κ1) is 23.7. The van der Waals surface area contributed by atoms with Crippen molar-refractivity contribution in [2.24, 2.45) is 0 Å². The fourth-order valence-corrected chi connectivity index (χ4v) is 2.80. The number of carbonyl (C=O) groups is 3. The maximum absolute atomic E-state index is 12.4. The second-order valence-corrected chi connectivity index (χ2v) is 6.55. The minimum atomic E-state index is -0.391. The van der Waals surface area contributed by atoms with Gasteiger partial charge in [0.05, 0.1) is 19.8 Å². The minimum Gasteiger partial charge on any atom is -0.490 e. The highest BCUT2D eigenvalue weighted by molar-refractivity contribution is 5.97. The smallest absolute Gasteiger partial charge is 0.251 e. The second-order valence-electron chi connectivity index (χ2n) is 6.55. The van der Waals surface area contributed by atoms with E-state index in [0.717, 1.165) is 5.56 Å². The fraction of sp³-hybridized carbons (Fsp3) is 0.348. The molecule has 3 amide bonds. The van der Waals surface area contributed by atoms with Crippen LogP contribution in [0.2, 0.25) is 0 Å². The van der Waals surface area contributed by atoms with Gasteiger partial charge in [0.15, 0.2) is 11.5 Å². The van der Waals surface area contributed by atoms with Crippen LogP contribution < -0.4 is 25.4 Å². The first-order valence-electron chi connectivity index (χ1n) is 10.3. The van der Waals surface area contributed by atoms with E-state index >= 15 is 0 Å². The summed E-state index contributed by atoms with van der Waals surface area (Å²) in [6.45, 7) is 7.10. The Morgan fingerprint density at radius 2 is 1.45 bits per heavy atom. The zero-order valence-electron chi connectivity index (χ0n) is 18.1. The van der Waals surface area contributed by atoms with Gasteiger partial charge < -0.3 is 25.4 Å². The Bertz CT molecular complexity index is 914. The number of hydrogen-bond acceptors (Lipinski definition) is 5. The molecule has 0 spiro atoms. The number of rotatable bonds is 11. The van der Waals surface area contributed by atoms with Crippen molar-refractivity contribution in [2.75, 3.05) is 26.3 Å². The van der Waals surface area contributed by atoms with Crippen LogP contribution in [0.25, 0.3) is 0 Å². The van der Waals surface area contributed by atoms with E-state index in [1.165, 1.54) is 0 Å². The summed E-state index contributed by atoms with van der Waals surface area (Å²) in [5.74, 6) is 0.150. The molecular weight excluding hydrogens is 398 g/mol. The van der Waals surface area contributed by atoms with Gasteiger partial charge >= 0.3 is 0 Å². The lowest BCUT2D eigenvalue weighted by Gasteiger charge is -2.12. The summed E-state index contributed by atoms with van der Waals surface area (Å²) < 4.78 is 11.0. The number of amides is 3. The van der Waals surface area contributed by atoms with Crippen molar-refractivity contribution in [1.29, 1.82) is 0 Å². The number of ether oxygens (including phenoxy) is 2. The fourth-order valence-electron chi connectivity index (χ4n) is 2.80. The van der Waals surface area contributed by atoms with Crippen molar-refractivity contribution >= 4 is 17.7 Å². The maximum atomic E-state index is 12.4. The van der Waals surface area contributed by atoms with E-state index in [1.807, 2.05) is 26.8 Å². The molecule has 8 heteroatoms. The lowest BCUT2D eigenvalue weighted by atomic mass is 10.1. The molecule has 166 valence electrons. The number of carbonyl (C=O) groups excluding carboxylic acids is 3. The van der Waals surface area contributed by atoms with E-state index in [9.17, 15) is 14.4 Å². The molecule has 0 saturated heterocycles. The van der Waals surface area contributed by atoms with Gasteiger partial charge in [0.2, 0.25) is 5.91 Å². The highest BCUT2D eigenvalue weighted by Crippen LogP contribution is 2.28. The maximum Gasteiger partial charge on any atom is 0.251 e. The van der Waals surface area contributed by atoms with Gasteiger partial charge in [-0.25, -0.2) is 0 Å². The molecule has 0 bridgehead atoms. The van der Waals surface area contributed by atoms with Crippen LogP contribution in [-0.2, 0) is 11.3 Å². The Morgan fingerprint density at radius 3 is 2.16 bits per heavy atom. The Hall–Kier alpha value is -3.55. The first-order chi connectivity index (χ1) is 15.0. The minimum absolute atomic E-state index is 0.162. The normalized spacial score (nSPS) is 10.2. The number of nitrogens with one attached hydrogen (secondary N) is 3. The summed E-state index contributed by atoms with van der Waals surface area (Å²) in [6.07, 6.45) is 0. The summed E-state index contributed by atoms with van der Waals surface area (Å²) in [4.78, 5) is 36.4. The van der Waals surface area contributed by atoms with Crippen LogP contribution in [0.15, 0.2) is 42.5 Å².